The van der Waals surface area contributed by atoms with Crippen LogP contribution in [0.2, 0.25) is 0 Å². The zero-order valence-electron chi connectivity index (χ0n) is 15.4. The van der Waals surface area contributed by atoms with E-state index in [2.05, 4.69) is 9.97 Å². The third kappa shape index (κ3) is 4.02. The maximum absolute atomic E-state index is 13.2. The Kier molecular flexibility index (Phi) is 5.30. The molecule has 0 atom stereocenters. The van der Waals surface area contributed by atoms with Crippen LogP contribution >= 0.6 is 11.3 Å². The fraction of sp³-hybridized carbons (Fsp3) is 0.136. The molecule has 0 saturated heterocycles. The molecule has 0 aliphatic heterocycles. The summed E-state index contributed by atoms with van der Waals surface area (Å²) >= 11 is 1.52. The fourth-order valence-electron chi connectivity index (χ4n) is 2.96. The van der Waals surface area contributed by atoms with Crippen LogP contribution in [0.4, 0.5) is 5.13 Å². The van der Waals surface area contributed by atoms with Crippen molar-refractivity contribution in [1.82, 2.24) is 9.97 Å². The van der Waals surface area contributed by atoms with Crippen molar-refractivity contribution in [2.75, 3.05) is 12.0 Å². The van der Waals surface area contributed by atoms with Gasteiger partial charge in [-0.2, -0.15) is 0 Å². The number of thiazole rings is 1. The highest BCUT2D eigenvalue weighted by Crippen LogP contribution is 2.30. The Bertz CT molecular complexity index is 1060. The minimum atomic E-state index is -0.0174. The maximum Gasteiger partial charge on any atom is 0.233 e. The quantitative estimate of drug-likeness (QED) is 0.488. The fourth-order valence-corrected chi connectivity index (χ4v) is 3.95. The third-order valence-electron chi connectivity index (χ3n) is 4.37. The Labute approximate surface area is 167 Å². The van der Waals surface area contributed by atoms with E-state index in [9.17, 15) is 4.79 Å². The first kappa shape index (κ1) is 18.1. The molecule has 4 aromatic rings. The molecule has 2 heterocycles. The Morgan fingerprint density at radius 2 is 1.93 bits per heavy atom. The predicted molar refractivity (Wildman–Crippen MR) is 112 cm³/mol. The molecule has 5 nitrogen and oxygen atoms in total. The van der Waals surface area contributed by atoms with Gasteiger partial charge in [-0.05, 0) is 41.5 Å². The molecule has 140 valence electrons. The van der Waals surface area contributed by atoms with Gasteiger partial charge in [-0.15, -0.1) is 0 Å². The van der Waals surface area contributed by atoms with Gasteiger partial charge in [0.25, 0.3) is 0 Å². The van der Waals surface area contributed by atoms with Crippen molar-refractivity contribution >= 4 is 32.6 Å². The summed E-state index contributed by atoms with van der Waals surface area (Å²) in [7, 11) is 1.62. The number of pyridine rings is 1. The van der Waals surface area contributed by atoms with Crippen LogP contribution in [-0.4, -0.2) is 23.0 Å². The van der Waals surface area contributed by atoms with Gasteiger partial charge in [-0.1, -0.05) is 41.7 Å². The molecule has 4 rings (SSSR count). The van der Waals surface area contributed by atoms with Crippen molar-refractivity contribution in [3.8, 4) is 5.75 Å². The number of fused-ring (bicyclic) bond motifs is 1. The number of carbonyl (C=O) groups excluding carboxylic acids is 1. The molecular weight excluding hydrogens is 370 g/mol. The summed E-state index contributed by atoms with van der Waals surface area (Å²) in [5.74, 6) is 0.722. The number of hydrogen-bond donors (Lipinski definition) is 0. The van der Waals surface area contributed by atoms with Crippen LogP contribution in [0, 0.1) is 0 Å². The highest BCUT2D eigenvalue weighted by Gasteiger charge is 2.20. The predicted octanol–water partition coefficient (Wildman–Crippen LogP) is 4.48. The lowest BCUT2D eigenvalue weighted by atomic mass is 10.1. The molecule has 28 heavy (non-hydrogen) atoms. The maximum atomic E-state index is 13.2. The summed E-state index contributed by atoms with van der Waals surface area (Å²) in [4.78, 5) is 23.8. The Morgan fingerprint density at radius 3 is 2.71 bits per heavy atom. The average molecular weight is 389 g/mol. The van der Waals surface area contributed by atoms with Crippen LogP contribution in [0.1, 0.15) is 11.1 Å². The number of benzene rings is 2. The minimum absolute atomic E-state index is 0.0174. The normalized spacial score (nSPS) is 10.8. The molecule has 0 radical (unpaired) electrons. The number of methoxy groups -OCH3 is 1. The first-order valence-corrected chi connectivity index (χ1v) is 9.72. The van der Waals surface area contributed by atoms with Crippen LogP contribution in [0.15, 0.2) is 73.1 Å². The van der Waals surface area contributed by atoms with Crippen molar-refractivity contribution in [3.63, 3.8) is 0 Å². The average Bonchev–Trinajstić information content (AvgIpc) is 3.16. The van der Waals surface area contributed by atoms with Gasteiger partial charge < -0.3 is 4.74 Å². The van der Waals surface area contributed by atoms with Crippen molar-refractivity contribution in [1.29, 1.82) is 0 Å². The van der Waals surface area contributed by atoms with Crippen molar-refractivity contribution in [3.05, 3.63) is 84.2 Å². The molecule has 1 amide bonds. The van der Waals surface area contributed by atoms with Crippen LogP contribution in [-0.2, 0) is 17.8 Å². The van der Waals surface area contributed by atoms with Crippen molar-refractivity contribution in [2.45, 2.75) is 13.0 Å². The number of hydrogen-bond acceptors (Lipinski definition) is 5. The number of rotatable bonds is 6. The number of amides is 1. The lowest BCUT2D eigenvalue weighted by Gasteiger charge is -2.20. The Hall–Kier alpha value is -3.25. The van der Waals surface area contributed by atoms with Crippen molar-refractivity contribution < 1.29 is 9.53 Å². The summed E-state index contributed by atoms with van der Waals surface area (Å²) in [6, 6.07) is 19.3. The van der Waals surface area contributed by atoms with E-state index >= 15 is 0 Å². The number of carbonyl (C=O) groups is 1. The summed E-state index contributed by atoms with van der Waals surface area (Å²) < 4.78 is 6.33. The van der Waals surface area contributed by atoms with Crippen molar-refractivity contribution in [2.24, 2.45) is 0 Å². The molecule has 0 aliphatic rings. The third-order valence-corrected chi connectivity index (χ3v) is 5.43. The number of ether oxygens (including phenoxy) is 1. The van der Waals surface area contributed by atoms with Gasteiger partial charge in [-0.3, -0.25) is 14.7 Å². The monoisotopic (exact) mass is 389 g/mol. The molecule has 0 fully saturated rings. The van der Waals surface area contributed by atoms with Gasteiger partial charge in [0.05, 0.1) is 30.3 Å². The van der Waals surface area contributed by atoms with Crippen LogP contribution in [0.5, 0.6) is 5.75 Å². The van der Waals surface area contributed by atoms with Crippen LogP contribution in [0.3, 0.4) is 0 Å². The van der Waals surface area contributed by atoms with Gasteiger partial charge in [-0.25, -0.2) is 4.98 Å². The van der Waals surface area contributed by atoms with E-state index in [-0.39, 0.29) is 12.3 Å². The Balaban J connectivity index is 1.66. The largest absolute Gasteiger partial charge is 0.497 e. The van der Waals surface area contributed by atoms with E-state index in [1.165, 1.54) is 11.3 Å². The minimum Gasteiger partial charge on any atom is -0.497 e. The topological polar surface area (TPSA) is 55.3 Å². The lowest BCUT2D eigenvalue weighted by Crippen LogP contribution is -2.31. The number of aromatic nitrogens is 2. The molecule has 2 aromatic carbocycles. The Morgan fingerprint density at radius 1 is 1.07 bits per heavy atom. The molecule has 0 aliphatic carbocycles. The molecular formula is C22H19N3O2S. The molecule has 6 heteroatoms. The summed E-state index contributed by atoms with van der Waals surface area (Å²) in [5, 5.41) is 0.693. The second-order valence-electron chi connectivity index (χ2n) is 6.33. The molecule has 0 spiro atoms. The second-order valence-corrected chi connectivity index (χ2v) is 7.34. The van der Waals surface area contributed by atoms with E-state index < -0.39 is 0 Å². The van der Waals surface area contributed by atoms with E-state index in [1.807, 2.05) is 60.7 Å². The molecule has 0 saturated carbocycles. The van der Waals surface area contributed by atoms with Crippen LogP contribution in [0.25, 0.3) is 10.2 Å². The summed E-state index contributed by atoms with van der Waals surface area (Å²) in [6.45, 7) is 0.427. The first-order valence-electron chi connectivity index (χ1n) is 8.91. The number of anilines is 1. The van der Waals surface area contributed by atoms with E-state index in [1.54, 1.807) is 24.4 Å². The highest BCUT2D eigenvalue weighted by atomic mass is 32.1. The van der Waals surface area contributed by atoms with Crippen LogP contribution < -0.4 is 9.64 Å². The lowest BCUT2D eigenvalue weighted by molar-refractivity contribution is -0.118. The SMILES string of the molecule is COc1cccc(CC(=O)N(Cc2cccnc2)c2nc3ccccc3s2)c1. The standard InChI is InChI=1S/C22H19N3O2S/c1-27-18-8-4-6-16(12-18)13-21(26)25(15-17-7-5-11-23-14-17)22-24-19-9-2-3-10-20(19)28-22/h2-12,14H,13,15H2,1H3. The smallest absolute Gasteiger partial charge is 0.233 e. The van der Waals surface area contributed by atoms with E-state index in [4.69, 9.17) is 4.74 Å². The van der Waals surface area contributed by atoms with E-state index in [0.29, 0.717) is 11.7 Å². The molecule has 2 aromatic heterocycles. The van der Waals surface area contributed by atoms with Gasteiger partial charge in [0, 0.05) is 12.4 Å². The summed E-state index contributed by atoms with van der Waals surface area (Å²) in [6.07, 6.45) is 3.77. The second kappa shape index (κ2) is 8.19. The molecule has 0 N–H and O–H groups in total. The first-order chi connectivity index (χ1) is 13.7. The van der Waals surface area contributed by atoms with Gasteiger partial charge >= 0.3 is 0 Å². The molecule has 0 bridgehead atoms. The zero-order valence-corrected chi connectivity index (χ0v) is 16.2. The number of para-hydroxylation sites is 1. The van der Waals surface area contributed by atoms with Gasteiger partial charge in [0.1, 0.15) is 5.75 Å². The van der Waals surface area contributed by atoms with Gasteiger partial charge in [0.15, 0.2) is 5.13 Å². The summed E-state index contributed by atoms with van der Waals surface area (Å²) in [5.41, 5.74) is 2.76. The number of nitrogens with zero attached hydrogens (tertiary/aromatic N) is 3. The highest BCUT2D eigenvalue weighted by molar-refractivity contribution is 7.22. The zero-order chi connectivity index (χ0) is 19.3. The molecule has 0 unspecified atom stereocenters. The van der Waals surface area contributed by atoms with Gasteiger partial charge in [0.2, 0.25) is 5.91 Å². The van der Waals surface area contributed by atoms with E-state index in [0.717, 1.165) is 27.1 Å².